The van der Waals surface area contributed by atoms with E-state index in [1.165, 1.54) is 49.4 Å². The molecule has 2 atom stereocenters. The maximum Gasteiger partial charge on any atom is 0.221 e. The second-order valence-electron chi connectivity index (χ2n) is 6.73. The molecule has 2 saturated heterocycles. The van der Waals surface area contributed by atoms with E-state index in [1.54, 1.807) is 5.19 Å². The lowest BCUT2D eigenvalue weighted by Crippen LogP contribution is -2.53. The third-order valence-corrected chi connectivity index (χ3v) is 11.0. The zero-order valence-corrected chi connectivity index (χ0v) is 15.4. The Morgan fingerprint density at radius 2 is 2.10 bits per heavy atom. The molecule has 1 aromatic rings. The summed E-state index contributed by atoms with van der Waals surface area (Å²) in [5, 5.41) is 1.54. The largest absolute Gasteiger partial charge is 0.416 e. The fraction of sp³-hybridized carbons (Fsp3) is 0.647. The Hall–Kier alpha value is -0.426. The van der Waals surface area contributed by atoms with Crippen molar-refractivity contribution in [3.8, 4) is 0 Å². The number of benzene rings is 1. The van der Waals surface area contributed by atoms with E-state index in [0.29, 0.717) is 6.10 Å². The molecule has 21 heavy (non-hydrogen) atoms. The number of hydrogen-bond donors (Lipinski definition) is 0. The van der Waals surface area contributed by atoms with Crippen LogP contribution in [0.15, 0.2) is 24.3 Å². The molecule has 1 radical (unpaired) electrons. The van der Waals surface area contributed by atoms with Gasteiger partial charge in [-0.2, -0.15) is 0 Å². The lowest BCUT2D eigenvalue weighted by molar-refractivity contribution is 0.183. The molecule has 1 aromatic carbocycles. The smallest absolute Gasteiger partial charge is 0.221 e. The Kier molecular flexibility index (Phi) is 4.99. The molecule has 0 N–H and O–H groups in total. The van der Waals surface area contributed by atoms with E-state index in [4.69, 9.17) is 8.85 Å². The van der Waals surface area contributed by atoms with Gasteiger partial charge in [-0.3, -0.25) is 0 Å². The van der Waals surface area contributed by atoms with Crippen molar-refractivity contribution < 1.29 is 8.85 Å². The van der Waals surface area contributed by atoms with Crippen LogP contribution in [0.5, 0.6) is 0 Å². The first-order chi connectivity index (χ1) is 10.2. The minimum Gasteiger partial charge on any atom is -0.416 e. The van der Waals surface area contributed by atoms with Gasteiger partial charge in [-0.05, 0) is 55.2 Å². The van der Waals surface area contributed by atoms with Gasteiger partial charge < -0.3 is 8.85 Å². The van der Waals surface area contributed by atoms with Crippen LogP contribution in [0.1, 0.15) is 38.2 Å². The third-order valence-electron chi connectivity index (χ3n) is 4.86. The van der Waals surface area contributed by atoms with Crippen molar-refractivity contribution in [3.63, 3.8) is 0 Å². The first-order valence-corrected chi connectivity index (χ1v) is 12.8. The highest BCUT2D eigenvalue weighted by Crippen LogP contribution is 2.27. The van der Waals surface area contributed by atoms with Gasteiger partial charge in [-0.1, -0.05) is 37.1 Å². The first-order valence-electron chi connectivity index (χ1n) is 8.41. The zero-order chi connectivity index (χ0) is 14.7. The number of hydrogen-bond acceptors (Lipinski definition) is 2. The Bertz CT molecular complexity index is 474. The zero-order valence-electron chi connectivity index (χ0n) is 13.4. The monoisotopic (exact) mass is 319 g/mol. The lowest BCUT2D eigenvalue weighted by atomic mass is 10.2. The van der Waals surface area contributed by atoms with E-state index in [1.807, 2.05) is 0 Å². The molecule has 3 rings (SSSR count). The van der Waals surface area contributed by atoms with Crippen molar-refractivity contribution >= 4 is 22.5 Å². The molecule has 0 saturated carbocycles. The van der Waals surface area contributed by atoms with Gasteiger partial charge in [0.2, 0.25) is 17.4 Å². The molecule has 115 valence electrons. The summed E-state index contributed by atoms with van der Waals surface area (Å²) in [6, 6.07) is 12.8. The second kappa shape index (κ2) is 6.77. The highest BCUT2D eigenvalue weighted by molar-refractivity contribution is 6.86. The molecule has 2 aliphatic heterocycles. The van der Waals surface area contributed by atoms with Crippen LogP contribution in [0.4, 0.5) is 0 Å². The molecule has 4 heteroatoms. The Labute approximate surface area is 131 Å². The van der Waals surface area contributed by atoms with Crippen molar-refractivity contribution in [2.24, 2.45) is 0 Å². The van der Waals surface area contributed by atoms with Gasteiger partial charge in [-0.15, -0.1) is 0 Å². The predicted octanol–water partition coefficient (Wildman–Crippen LogP) is 3.55. The van der Waals surface area contributed by atoms with Crippen LogP contribution in [0, 0.1) is 0 Å². The normalized spacial score (nSPS) is 31.2. The van der Waals surface area contributed by atoms with Gasteiger partial charge in [0.25, 0.3) is 0 Å². The summed E-state index contributed by atoms with van der Waals surface area (Å²) >= 11 is 0. The fourth-order valence-corrected chi connectivity index (χ4v) is 9.85. The SMILES string of the molecule is CC1CCC[Si](C)(c2ccccc2C[Si]2CCCCO2)O1. The van der Waals surface area contributed by atoms with E-state index in [2.05, 4.69) is 37.7 Å². The van der Waals surface area contributed by atoms with Crippen molar-refractivity contribution in [3.05, 3.63) is 29.8 Å². The summed E-state index contributed by atoms with van der Waals surface area (Å²) in [5.41, 5.74) is 1.52. The van der Waals surface area contributed by atoms with E-state index < -0.39 is 17.4 Å². The van der Waals surface area contributed by atoms with Crippen molar-refractivity contribution in [2.75, 3.05) is 6.61 Å². The fourth-order valence-electron chi connectivity index (χ4n) is 3.74. The summed E-state index contributed by atoms with van der Waals surface area (Å²) in [6.45, 7) is 5.64. The minimum atomic E-state index is -1.74. The number of rotatable bonds is 3. The molecule has 0 aliphatic carbocycles. The summed E-state index contributed by atoms with van der Waals surface area (Å²) in [6.07, 6.45) is 5.60. The first kappa shape index (κ1) is 15.5. The molecule has 0 aromatic heterocycles. The van der Waals surface area contributed by atoms with E-state index in [-0.39, 0.29) is 0 Å². The Morgan fingerprint density at radius 3 is 2.86 bits per heavy atom. The van der Waals surface area contributed by atoms with Gasteiger partial charge in [0, 0.05) is 12.7 Å². The van der Waals surface area contributed by atoms with Crippen molar-refractivity contribution in [1.29, 1.82) is 0 Å². The average molecular weight is 320 g/mol. The van der Waals surface area contributed by atoms with Crippen LogP contribution in [0.3, 0.4) is 0 Å². The van der Waals surface area contributed by atoms with Gasteiger partial charge in [0.15, 0.2) is 0 Å². The van der Waals surface area contributed by atoms with Crippen molar-refractivity contribution in [1.82, 2.24) is 0 Å². The van der Waals surface area contributed by atoms with Gasteiger partial charge in [0.05, 0.1) is 0 Å². The Balaban J connectivity index is 1.81. The average Bonchev–Trinajstić information content (AvgIpc) is 2.48. The molecular weight excluding hydrogens is 292 g/mol. The topological polar surface area (TPSA) is 18.5 Å². The highest BCUT2D eigenvalue weighted by Gasteiger charge is 2.38. The standard InChI is InChI=1S/C17H27O2Si2/c1-15-8-7-13-21(2,19-15)17-10-4-3-9-16(17)14-20-12-6-5-11-18-20/h3-4,9-10,15H,5-8,11-14H2,1-2H3. The van der Waals surface area contributed by atoms with Crippen LogP contribution in [0.2, 0.25) is 18.6 Å². The van der Waals surface area contributed by atoms with Gasteiger partial charge in [0.1, 0.15) is 0 Å². The van der Waals surface area contributed by atoms with Gasteiger partial charge >= 0.3 is 0 Å². The lowest BCUT2D eigenvalue weighted by Gasteiger charge is -2.37. The molecule has 2 unspecified atom stereocenters. The summed E-state index contributed by atoms with van der Waals surface area (Å²) in [4.78, 5) is 0. The van der Waals surface area contributed by atoms with Crippen LogP contribution in [0.25, 0.3) is 0 Å². The van der Waals surface area contributed by atoms with Crippen LogP contribution < -0.4 is 5.19 Å². The minimum absolute atomic E-state index is 0.434. The van der Waals surface area contributed by atoms with E-state index in [9.17, 15) is 0 Å². The molecule has 0 amide bonds. The van der Waals surface area contributed by atoms with E-state index >= 15 is 0 Å². The molecule has 0 bridgehead atoms. The molecule has 0 spiro atoms. The molecule has 2 fully saturated rings. The third kappa shape index (κ3) is 3.67. The highest BCUT2D eigenvalue weighted by atomic mass is 28.4. The predicted molar refractivity (Wildman–Crippen MR) is 91.7 cm³/mol. The molecule has 2 heterocycles. The Morgan fingerprint density at radius 1 is 1.24 bits per heavy atom. The van der Waals surface area contributed by atoms with Crippen LogP contribution >= 0.6 is 0 Å². The molecular formula is C17H27O2Si2. The quantitative estimate of drug-likeness (QED) is 0.793. The summed E-state index contributed by atoms with van der Waals surface area (Å²) < 4.78 is 12.6. The van der Waals surface area contributed by atoms with Crippen LogP contribution in [-0.2, 0) is 14.9 Å². The van der Waals surface area contributed by atoms with Gasteiger partial charge in [-0.25, -0.2) is 0 Å². The van der Waals surface area contributed by atoms with E-state index in [0.717, 1.165) is 6.61 Å². The maximum atomic E-state index is 6.50. The second-order valence-corrected chi connectivity index (χ2v) is 12.7. The molecule has 2 nitrogen and oxygen atoms in total. The maximum absolute atomic E-state index is 6.50. The summed E-state index contributed by atoms with van der Waals surface area (Å²) in [7, 11) is -2.38. The summed E-state index contributed by atoms with van der Waals surface area (Å²) in [5.74, 6) is 0. The molecule has 2 aliphatic rings. The van der Waals surface area contributed by atoms with Crippen LogP contribution in [-0.4, -0.2) is 30.1 Å². The van der Waals surface area contributed by atoms with Crippen molar-refractivity contribution in [2.45, 2.75) is 63.4 Å².